The van der Waals surface area contributed by atoms with Crippen LogP contribution in [0.4, 0.5) is 0 Å². The van der Waals surface area contributed by atoms with Crippen LogP contribution in [0.1, 0.15) is 89.9 Å². The fourth-order valence-electron chi connectivity index (χ4n) is 3.01. The van der Waals surface area contributed by atoms with Gasteiger partial charge in [-0.05, 0) is 25.7 Å². The van der Waals surface area contributed by atoms with Crippen molar-refractivity contribution in [2.24, 2.45) is 0 Å². The number of carboxylic acid groups (broad SMARTS) is 1. The number of esters is 2. The molecule has 9 heteroatoms. The summed E-state index contributed by atoms with van der Waals surface area (Å²) in [7, 11) is 0. The van der Waals surface area contributed by atoms with Crippen molar-refractivity contribution in [1.82, 2.24) is 0 Å². The summed E-state index contributed by atoms with van der Waals surface area (Å²) in [5, 5.41) is 36.9. The molecule has 0 aromatic rings. The van der Waals surface area contributed by atoms with Crippen LogP contribution >= 0.6 is 0 Å². The van der Waals surface area contributed by atoms with E-state index < -0.39 is 36.4 Å². The Bertz CT molecular complexity index is 459. The molecule has 0 aliphatic carbocycles. The standard InChI is InChI=1S/C22H40O9/c23-13-9-5-1-3-7-11-15-30-19(25)17-22(29,21(27)28)18-20(26)31-16-12-8-4-2-6-10-14-24/h23-24,29H,1-18H2,(H,27,28). The van der Waals surface area contributed by atoms with E-state index in [-0.39, 0.29) is 26.4 Å². The molecule has 0 rings (SSSR count). The van der Waals surface area contributed by atoms with E-state index in [1.54, 1.807) is 0 Å². The summed E-state index contributed by atoms with van der Waals surface area (Å²) in [4.78, 5) is 35.2. The van der Waals surface area contributed by atoms with Crippen molar-refractivity contribution in [3.8, 4) is 0 Å². The van der Waals surface area contributed by atoms with Crippen molar-refractivity contribution >= 4 is 17.9 Å². The van der Waals surface area contributed by atoms with Gasteiger partial charge in [0.25, 0.3) is 0 Å². The van der Waals surface area contributed by atoms with Gasteiger partial charge in [-0.3, -0.25) is 9.59 Å². The third-order valence-corrected chi connectivity index (χ3v) is 4.90. The molecule has 4 N–H and O–H groups in total. The fourth-order valence-corrected chi connectivity index (χ4v) is 3.01. The van der Waals surface area contributed by atoms with Crippen LogP contribution in [0.15, 0.2) is 0 Å². The number of carbonyl (C=O) groups excluding carboxylic acids is 2. The third-order valence-electron chi connectivity index (χ3n) is 4.90. The van der Waals surface area contributed by atoms with Gasteiger partial charge in [0.1, 0.15) is 0 Å². The van der Waals surface area contributed by atoms with Crippen LogP contribution in [0, 0.1) is 0 Å². The first-order chi connectivity index (χ1) is 14.9. The van der Waals surface area contributed by atoms with Gasteiger partial charge in [0.2, 0.25) is 0 Å². The molecule has 0 unspecified atom stereocenters. The lowest BCUT2D eigenvalue weighted by Crippen LogP contribution is -2.43. The van der Waals surface area contributed by atoms with Gasteiger partial charge in [-0.25, -0.2) is 4.79 Å². The molecule has 0 aromatic carbocycles. The highest BCUT2D eigenvalue weighted by atomic mass is 16.5. The van der Waals surface area contributed by atoms with Crippen LogP contribution in [-0.2, 0) is 23.9 Å². The summed E-state index contributed by atoms with van der Waals surface area (Å²) < 4.78 is 9.96. The second-order valence-electron chi connectivity index (χ2n) is 7.82. The molecular formula is C22H40O9. The van der Waals surface area contributed by atoms with Gasteiger partial charge in [-0.2, -0.15) is 0 Å². The molecule has 0 amide bonds. The van der Waals surface area contributed by atoms with Crippen LogP contribution in [-0.4, -0.2) is 70.4 Å². The minimum absolute atomic E-state index is 0.122. The maximum atomic E-state index is 11.9. The van der Waals surface area contributed by atoms with Gasteiger partial charge in [0.05, 0.1) is 26.1 Å². The molecule has 9 nitrogen and oxygen atoms in total. The predicted molar refractivity (Wildman–Crippen MR) is 113 cm³/mol. The smallest absolute Gasteiger partial charge is 0.336 e. The van der Waals surface area contributed by atoms with Crippen molar-refractivity contribution in [2.75, 3.05) is 26.4 Å². The van der Waals surface area contributed by atoms with Gasteiger partial charge in [0.15, 0.2) is 5.60 Å². The van der Waals surface area contributed by atoms with E-state index in [1.165, 1.54) is 0 Å². The normalized spacial score (nSPS) is 11.3. The zero-order valence-electron chi connectivity index (χ0n) is 18.6. The fraction of sp³-hybridized carbons (Fsp3) is 0.864. The SMILES string of the molecule is O=C(CC(O)(CC(=O)OCCCCCCCCO)C(=O)O)OCCCCCCCCO. The first kappa shape index (κ1) is 29.3. The number of unbranched alkanes of at least 4 members (excludes halogenated alkanes) is 10. The van der Waals surface area contributed by atoms with Gasteiger partial charge >= 0.3 is 17.9 Å². The highest BCUT2D eigenvalue weighted by molar-refractivity contribution is 5.88. The van der Waals surface area contributed by atoms with Crippen molar-refractivity contribution in [2.45, 2.75) is 95.5 Å². The Morgan fingerprint density at radius 2 is 0.903 bits per heavy atom. The first-order valence-electron chi connectivity index (χ1n) is 11.3. The summed E-state index contributed by atoms with van der Waals surface area (Å²) in [5.41, 5.74) is -2.55. The highest BCUT2D eigenvalue weighted by Gasteiger charge is 2.42. The van der Waals surface area contributed by atoms with Crippen molar-refractivity contribution in [3.05, 3.63) is 0 Å². The van der Waals surface area contributed by atoms with E-state index in [9.17, 15) is 24.6 Å². The highest BCUT2D eigenvalue weighted by Crippen LogP contribution is 2.18. The van der Waals surface area contributed by atoms with E-state index >= 15 is 0 Å². The maximum absolute atomic E-state index is 11.9. The number of ether oxygens (including phenoxy) is 2. The van der Waals surface area contributed by atoms with Crippen LogP contribution in [0.5, 0.6) is 0 Å². The van der Waals surface area contributed by atoms with E-state index in [1.807, 2.05) is 0 Å². The number of rotatable bonds is 21. The van der Waals surface area contributed by atoms with Gasteiger partial charge in [0, 0.05) is 13.2 Å². The molecule has 0 saturated heterocycles. The summed E-state index contributed by atoms with van der Waals surface area (Å²) >= 11 is 0. The number of hydrogen-bond donors (Lipinski definition) is 4. The number of carbonyl (C=O) groups is 3. The first-order valence-corrected chi connectivity index (χ1v) is 11.3. The van der Waals surface area contributed by atoms with Crippen molar-refractivity contribution in [3.63, 3.8) is 0 Å². The minimum atomic E-state index is -2.55. The van der Waals surface area contributed by atoms with E-state index in [0.29, 0.717) is 12.8 Å². The van der Waals surface area contributed by atoms with Gasteiger partial charge in [-0.1, -0.05) is 51.4 Å². The lowest BCUT2D eigenvalue weighted by atomic mass is 9.96. The largest absolute Gasteiger partial charge is 0.479 e. The molecule has 0 radical (unpaired) electrons. The number of carboxylic acids is 1. The monoisotopic (exact) mass is 448 g/mol. The van der Waals surface area contributed by atoms with Gasteiger partial charge in [-0.15, -0.1) is 0 Å². The maximum Gasteiger partial charge on any atom is 0.336 e. The molecule has 0 saturated carbocycles. The zero-order valence-corrected chi connectivity index (χ0v) is 18.6. The quantitative estimate of drug-likeness (QED) is 0.153. The van der Waals surface area contributed by atoms with E-state index in [2.05, 4.69) is 0 Å². The lowest BCUT2D eigenvalue weighted by molar-refractivity contribution is -0.173. The summed E-state index contributed by atoms with van der Waals surface area (Å²) in [5.74, 6) is -3.42. The summed E-state index contributed by atoms with van der Waals surface area (Å²) in [6, 6.07) is 0. The molecule has 0 aliphatic heterocycles. The van der Waals surface area contributed by atoms with Crippen molar-refractivity contribution < 1.29 is 44.3 Å². The Labute approximate surface area is 184 Å². The lowest BCUT2D eigenvalue weighted by Gasteiger charge is -2.21. The summed E-state index contributed by atoms with van der Waals surface area (Å²) in [6.07, 6.45) is 8.60. The van der Waals surface area contributed by atoms with Crippen LogP contribution in [0.2, 0.25) is 0 Å². The Balaban J connectivity index is 4.06. The topological polar surface area (TPSA) is 151 Å². The van der Waals surface area contributed by atoms with Gasteiger partial charge < -0.3 is 29.9 Å². The number of aliphatic hydroxyl groups is 3. The molecule has 0 aromatic heterocycles. The van der Waals surface area contributed by atoms with E-state index in [4.69, 9.17) is 19.7 Å². The average Bonchev–Trinajstić information content (AvgIpc) is 2.71. The molecule has 0 spiro atoms. The minimum Gasteiger partial charge on any atom is -0.479 e. The van der Waals surface area contributed by atoms with Crippen LogP contribution in [0.25, 0.3) is 0 Å². The second kappa shape index (κ2) is 19.0. The van der Waals surface area contributed by atoms with E-state index in [0.717, 1.165) is 64.2 Å². The number of hydrogen-bond acceptors (Lipinski definition) is 8. The van der Waals surface area contributed by atoms with Crippen LogP contribution < -0.4 is 0 Å². The zero-order chi connectivity index (χ0) is 23.4. The Morgan fingerprint density at radius 3 is 1.23 bits per heavy atom. The Kier molecular flexibility index (Phi) is 18.0. The molecular weight excluding hydrogens is 408 g/mol. The predicted octanol–water partition coefficient (Wildman–Crippen LogP) is 2.33. The summed E-state index contributed by atoms with van der Waals surface area (Å²) in [6.45, 7) is 0.613. The molecule has 0 aliphatic rings. The molecule has 0 bridgehead atoms. The average molecular weight is 449 g/mol. The molecule has 0 atom stereocenters. The van der Waals surface area contributed by atoms with Crippen molar-refractivity contribution in [1.29, 1.82) is 0 Å². The molecule has 31 heavy (non-hydrogen) atoms. The third kappa shape index (κ3) is 16.6. The second-order valence-corrected chi connectivity index (χ2v) is 7.82. The molecule has 0 fully saturated rings. The Morgan fingerprint density at radius 1 is 0.581 bits per heavy atom. The number of aliphatic hydroxyl groups excluding tert-OH is 2. The molecule has 0 heterocycles. The number of aliphatic carboxylic acids is 1. The Hall–Kier alpha value is -1.71. The van der Waals surface area contributed by atoms with Crippen LogP contribution in [0.3, 0.4) is 0 Å². The molecule has 182 valence electrons.